The third-order valence-electron chi connectivity index (χ3n) is 3.74. The molecule has 1 aromatic heterocycles. The molecule has 0 fully saturated rings. The Balaban J connectivity index is 1.56. The summed E-state index contributed by atoms with van der Waals surface area (Å²) < 4.78 is 12.0. The van der Waals surface area contributed by atoms with Gasteiger partial charge in [-0.2, -0.15) is 0 Å². The van der Waals surface area contributed by atoms with Crippen molar-refractivity contribution in [3.8, 4) is 11.5 Å². The quantitative estimate of drug-likeness (QED) is 0.322. The Hall–Kier alpha value is -2.70. The number of allylic oxidation sites excluding steroid dienone is 1. The Labute approximate surface area is 161 Å². The zero-order valence-corrected chi connectivity index (χ0v) is 15.7. The fourth-order valence-electron chi connectivity index (χ4n) is 2.49. The molecule has 0 bridgehead atoms. The van der Waals surface area contributed by atoms with E-state index < -0.39 is 5.97 Å². The van der Waals surface area contributed by atoms with E-state index in [2.05, 4.69) is 15.9 Å². The Bertz CT molecular complexity index is 1020. The largest absolute Gasteiger partial charge is 0.452 e. The Kier molecular flexibility index (Phi) is 4.44. The topological polar surface area (TPSA) is 52.6 Å². The second-order valence-corrected chi connectivity index (χ2v) is 7.38. The van der Waals surface area contributed by atoms with E-state index in [1.165, 1.54) is 11.3 Å². The number of carbonyl (C=O) groups excluding carboxylic acids is 2. The summed E-state index contributed by atoms with van der Waals surface area (Å²) in [5, 5.41) is 1.81. The summed E-state index contributed by atoms with van der Waals surface area (Å²) in [6, 6.07) is 15.8. The lowest BCUT2D eigenvalue weighted by Gasteiger charge is -2.04. The van der Waals surface area contributed by atoms with Crippen molar-refractivity contribution in [2.75, 3.05) is 0 Å². The van der Waals surface area contributed by atoms with Crippen molar-refractivity contribution in [2.45, 2.75) is 0 Å². The molecule has 26 heavy (non-hydrogen) atoms. The van der Waals surface area contributed by atoms with Crippen molar-refractivity contribution in [1.29, 1.82) is 0 Å². The number of carbonyl (C=O) groups is 2. The maximum atomic E-state index is 12.5. The summed E-state index contributed by atoms with van der Waals surface area (Å²) >= 11 is 4.68. The third-order valence-corrected chi connectivity index (χ3v) is 5.12. The number of rotatable bonds is 3. The van der Waals surface area contributed by atoms with Crippen LogP contribution in [0.2, 0.25) is 0 Å². The van der Waals surface area contributed by atoms with Gasteiger partial charge in [0.2, 0.25) is 5.78 Å². The highest BCUT2D eigenvalue weighted by molar-refractivity contribution is 9.10. The maximum Gasteiger partial charge on any atom is 0.353 e. The van der Waals surface area contributed by atoms with Crippen molar-refractivity contribution in [1.82, 2.24) is 0 Å². The van der Waals surface area contributed by atoms with Gasteiger partial charge in [-0.25, -0.2) is 4.79 Å². The first-order chi connectivity index (χ1) is 12.6. The first kappa shape index (κ1) is 16.8. The van der Waals surface area contributed by atoms with Gasteiger partial charge in [0.25, 0.3) is 0 Å². The minimum absolute atomic E-state index is 0.195. The maximum absolute atomic E-state index is 12.5. The van der Waals surface area contributed by atoms with Crippen LogP contribution < -0.4 is 9.47 Å². The molecule has 0 unspecified atom stereocenters. The number of benzene rings is 2. The van der Waals surface area contributed by atoms with Gasteiger partial charge in [0, 0.05) is 10.5 Å². The third kappa shape index (κ3) is 3.34. The molecule has 0 spiro atoms. The Morgan fingerprint density at radius 3 is 2.65 bits per heavy atom. The molecule has 0 aliphatic carbocycles. The molecule has 4 rings (SSSR count). The van der Waals surface area contributed by atoms with E-state index in [4.69, 9.17) is 9.47 Å². The summed E-state index contributed by atoms with van der Waals surface area (Å²) in [6.07, 6.45) is 1.69. The van der Waals surface area contributed by atoms with Gasteiger partial charge in [0.05, 0.1) is 5.56 Å². The first-order valence-electron chi connectivity index (χ1n) is 7.70. The second-order valence-electron chi connectivity index (χ2n) is 5.52. The lowest BCUT2D eigenvalue weighted by molar-refractivity contribution is 0.0739. The van der Waals surface area contributed by atoms with Gasteiger partial charge in [0.1, 0.15) is 16.4 Å². The molecule has 0 saturated carbocycles. The minimum atomic E-state index is -0.435. The van der Waals surface area contributed by atoms with Gasteiger partial charge in [-0.15, -0.1) is 11.3 Å². The van der Waals surface area contributed by atoms with Crippen LogP contribution in [0.1, 0.15) is 25.6 Å². The molecule has 0 amide bonds. The Morgan fingerprint density at radius 1 is 1.12 bits per heavy atom. The molecule has 0 N–H and O–H groups in total. The predicted molar refractivity (Wildman–Crippen MR) is 103 cm³/mol. The lowest BCUT2D eigenvalue weighted by atomic mass is 10.1. The van der Waals surface area contributed by atoms with Crippen molar-refractivity contribution in [2.24, 2.45) is 0 Å². The van der Waals surface area contributed by atoms with E-state index in [1.54, 1.807) is 41.8 Å². The smallest absolute Gasteiger partial charge is 0.353 e. The standard InChI is InChI=1S/C20H11BrO4S/c21-13-5-3-12(4-6-13)10-17-19(22)15-8-7-14(11-16(15)25-17)24-20(23)18-2-1-9-26-18/h1-11H/b17-10-. The van der Waals surface area contributed by atoms with Gasteiger partial charge < -0.3 is 9.47 Å². The van der Waals surface area contributed by atoms with Gasteiger partial charge in [-0.05, 0) is 47.4 Å². The average Bonchev–Trinajstić information content (AvgIpc) is 3.26. The molecule has 0 atom stereocenters. The van der Waals surface area contributed by atoms with Crippen LogP contribution in [0.25, 0.3) is 6.08 Å². The van der Waals surface area contributed by atoms with Crippen LogP contribution in [0, 0.1) is 0 Å². The summed E-state index contributed by atoms with van der Waals surface area (Å²) in [4.78, 5) is 25.0. The number of thiophene rings is 1. The highest BCUT2D eigenvalue weighted by Gasteiger charge is 2.28. The zero-order chi connectivity index (χ0) is 18.1. The van der Waals surface area contributed by atoms with Crippen molar-refractivity contribution in [3.63, 3.8) is 0 Å². The van der Waals surface area contributed by atoms with Gasteiger partial charge in [-0.1, -0.05) is 34.1 Å². The molecule has 128 valence electrons. The summed E-state index contributed by atoms with van der Waals surface area (Å²) in [5.74, 6) is 0.327. The molecular weight excluding hydrogens is 416 g/mol. The van der Waals surface area contributed by atoms with Gasteiger partial charge >= 0.3 is 5.97 Å². The first-order valence-corrected chi connectivity index (χ1v) is 9.37. The molecule has 2 aromatic carbocycles. The number of esters is 1. The molecular formula is C20H11BrO4S. The van der Waals surface area contributed by atoms with E-state index in [9.17, 15) is 9.59 Å². The number of halogens is 1. The van der Waals surface area contributed by atoms with E-state index in [0.29, 0.717) is 21.9 Å². The van der Waals surface area contributed by atoms with E-state index in [1.807, 2.05) is 24.3 Å². The van der Waals surface area contributed by atoms with Gasteiger partial charge in [-0.3, -0.25) is 4.79 Å². The number of Topliss-reactive ketones (excluding diaryl/α,β-unsaturated/α-hetero) is 1. The minimum Gasteiger partial charge on any atom is -0.452 e. The lowest BCUT2D eigenvalue weighted by Crippen LogP contribution is -2.06. The SMILES string of the molecule is O=C(Oc1ccc2c(c1)O/C(=C\c1ccc(Br)cc1)C2=O)c1cccs1. The molecule has 3 aromatic rings. The van der Waals surface area contributed by atoms with Gasteiger partial charge in [0.15, 0.2) is 5.76 Å². The van der Waals surface area contributed by atoms with E-state index in [0.717, 1.165) is 10.0 Å². The van der Waals surface area contributed by atoms with Crippen LogP contribution in [0.15, 0.2) is 70.2 Å². The molecule has 1 aliphatic heterocycles. The zero-order valence-electron chi connectivity index (χ0n) is 13.3. The summed E-state index contributed by atoms with van der Waals surface area (Å²) in [5.41, 5.74) is 1.30. The number of fused-ring (bicyclic) bond motifs is 1. The molecule has 4 nitrogen and oxygen atoms in total. The van der Waals surface area contributed by atoms with Crippen molar-refractivity contribution in [3.05, 3.63) is 86.2 Å². The Morgan fingerprint density at radius 2 is 1.92 bits per heavy atom. The van der Waals surface area contributed by atoms with Crippen LogP contribution in [0.4, 0.5) is 0 Å². The fourth-order valence-corrected chi connectivity index (χ4v) is 3.36. The molecule has 0 saturated heterocycles. The monoisotopic (exact) mass is 426 g/mol. The fraction of sp³-hybridized carbons (Fsp3) is 0. The van der Waals surface area contributed by atoms with Crippen molar-refractivity contribution < 1.29 is 19.1 Å². The highest BCUT2D eigenvalue weighted by Crippen LogP contribution is 2.35. The van der Waals surface area contributed by atoms with E-state index >= 15 is 0 Å². The summed E-state index contributed by atoms with van der Waals surface area (Å²) in [7, 11) is 0. The number of ketones is 1. The molecule has 6 heteroatoms. The van der Waals surface area contributed by atoms with Crippen molar-refractivity contribution >= 4 is 45.1 Å². The van der Waals surface area contributed by atoms with E-state index in [-0.39, 0.29) is 11.5 Å². The molecule has 2 heterocycles. The van der Waals surface area contributed by atoms with Crippen LogP contribution in [0.3, 0.4) is 0 Å². The number of ether oxygens (including phenoxy) is 2. The summed E-state index contributed by atoms with van der Waals surface area (Å²) in [6.45, 7) is 0. The van der Waals surface area contributed by atoms with Crippen LogP contribution in [0.5, 0.6) is 11.5 Å². The number of hydrogen-bond acceptors (Lipinski definition) is 5. The normalized spacial score (nSPS) is 14.2. The molecule has 0 radical (unpaired) electrons. The molecule has 1 aliphatic rings. The highest BCUT2D eigenvalue weighted by atomic mass is 79.9. The van der Waals surface area contributed by atoms with Crippen LogP contribution in [-0.2, 0) is 0 Å². The average molecular weight is 427 g/mol. The predicted octanol–water partition coefficient (Wildman–Crippen LogP) is 5.35. The second kappa shape index (κ2) is 6.90. The number of hydrogen-bond donors (Lipinski definition) is 0. The van der Waals surface area contributed by atoms with Crippen LogP contribution >= 0.6 is 27.3 Å². The van der Waals surface area contributed by atoms with Crippen LogP contribution in [-0.4, -0.2) is 11.8 Å².